The smallest absolute Gasteiger partial charge is 0.231 e. The number of hydrogen-bond donors (Lipinski definition) is 0. The predicted molar refractivity (Wildman–Crippen MR) is 115 cm³/mol. The number of fused-ring (bicyclic) bond motifs is 4. The van der Waals surface area contributed by atoms with Gasteiger partial charge in [0.25, 0.3) is 0 Å². The SMILES string of the molecule is CC.CC(C)C1CN2CCc3cc4c(cc3C2CC1(C)C)OCO4.CCC. The zero-order valence-electron chi connectivity index (χ0n) is 18.9. The van der Waals surface area contributed by atoms with Gasteiger partial charge in [-0.05, 0) is 53.4 Å². The summed E-state index contributed by atoms with van der Waals surface area (Å²) >= 11 is 0. The van der Waals surface area contributed by atoms with Crippen LogP contribution in [-0.2, 0) is 6.42 Å². The molecule has 3 aliphatic rings. The monoisotopic (exact) mass is 375 g/mol. The lowest BCUT2D eigenvalue weighted by atomic mass is 9.64. The van der Waals surface area contributed by atoms with Crippen molar-refractivity contribution in [3.63, 3.8) is 0 Å². The molecule has 1 saturated heterocycles. The summed E-state index contributed by atoms with van der Waals surface area (Å²) in [6.45, 7) is 20.7. The number of benzene rings is 1. The number of ether oxygens (including phenoxy) is 2. The molecule has 4 rings (SSSR count). The normalized spacial score (nSPS) is 24.8. The Morgan fingerprint density at radius 2 is 1.70 bits per heavy atom. The van der Waals surface area contributed by atoms with Crippen molar-refractivity contribution in [3.8, 4) is 11.5 Å². The summed E-state index contributed by atoms with van der Waals surface area (Å²) in [6, 6.07) is 5.01. The van der Waals surface area contributed by atoms with Crippen LogP contribution in [-0.4, -0.2) is 24.8 Å². The van der Waals surface area contributed by atoms with Crippen LogP contribution in [0.2, 0.25) is 0 Å². The minimum Gasteiger partial charge on any atom is -0.454 e. The quantitative estimate of drug-likeness (QED) is 0.562. The Bertz CT molecular complexity index is 609. The molecule has 0 N–H and O–H groups in total. The Hall–Kier alpha value is -1.22. The highest BCUT2D eigenvalue weighted by molar-refractivity contribution is 5.50. The Morgan fingerprint density at radius 3 is 2.30 bits per heavy atom. The van der Waals surface area contributed by atoms with E-state index < -0.39 is 0 Å². The molecular weight excluding hydrogens is 334 g/mol. The maximum absolute atomic E-state index is 5.61. The minimum absolute atomic E-state index is 0.369. The third-order valence-corrected chi connectivity index (χ3v) is 6.06. The van der Waals surface area contributed by atoms with Gasteiger partial charge in [0.1, 0.15) is 0 Å². The number of piperidine rings is 1. The van der Waals surface area contributed by atoms with Crippen LogP contribution < -0.4 is 9.47 Å². The van der Waals surface area contributed by atoms with Gasteiger partial charge in [0.05, 0.1) is 0 Å². The Kier molecular flexibility index (Phi) is 7.62. The molecule has 0 aliphatic carbocycles. The fraction of sp³-hybridized carbons (Fsp3) is 0.750. The van der Waals surface area contributed by atoms with E-state index in [9.17, 15) is 0 Å². The molecule has 3 heterocycles. The van der Waals surface area contributed by atoms with Crippen molar-refractivity contribution in [3.05, 3.63) is 23.3 Å². The van der Waals surface area contributed by atoms with E-state index in [-0.39, 0.29) is 0 Å². The summed E-state index contributed by atoms with van der Waals surface area (Å²) < 4.78 is 11.2. The molecular formula is C24H41NO2. The average molecular weight is 376 g/mol. The van der Waals surface area contributed by atoms with Crippen molar-refractivity contribution in [2.75, 3.05) is 19.9 Å². The van der Waals surface area contributed by atoms with Crippen molar-refractivity contribution in [1.82, 2.24) is 4.90 Å². The van der Waals surface area contributed by atoms with E-state index in [1.165, 1.54) is 37.1 Å². The van der Waals surface area contributed by atoms with Crippen molar-refractivity contribution in [1.29, 1.82) is 0 Å². The van der Waals surface area contributed by atoms with Crippen molar-refractivity contribution in [2.45, 2.75) is 80.7 Å². The van der Waals surface area contributed by atoms with Gasteiger partial charge in [-0.15, -0.1) is 0 Å². The summed E-state index contributed by atoms with van der Waals surface area (Å²) in [5.41, 5.74) is 3.33. The topological polar surface area (TPSA) is 21.7 Å². The third kappa shape index (κ3) is 4.62. The van der Waals surface area contributed by atoms with Gasteiger partial charge in [-0.25, -0.2) is 0 Å². The van der Waals surface area contributed by atoms with Crippen molar-refractivity contribution < 1.29 is 9.47 Å². The highest BCUT2D eigenvalue weighted by Crippen LogP contribution is 2.51. The molecule has 3 heteroatoms. The molecule has 0 radical (unpaired) electrons. The zero-order chi connectivity index (χ0) is 20.2. The first kappa shape index (κ1) is 22.1. The molecule has 154 valence electrons. The molecule has 0 saturated carbocycles. The van der Waals surface area contributed by atoms with Crippen LogP contribution >= 0.6 is 0 Å². The molecule has 2 atom stereocenters. The molecule has 27 heavy (non-hydrogen) atoms. The average Bonchev–Trinajstić information content (AvgIpc) is 3.08. The molecule has 1 aromatic rings. The maximum Gasteiger partial charge on any atom is 0.231 e. The van der Waals surface area contributed by atoms with E-state index in [0.29, 0.717) is 18.2 Å². The van der Waals surface area contributed by atoms with E-state index in [0.717, 1.165) is 29.8 Å². The van der Waals surface area contributed by atoms with Gasteiger partial charge in [0, 0.05) is 19.1 Å². The first-order valence-electron chi connectivity index (χ1n) is 11.0. The lowest BCUT2D eigenvalue weighted by molar-refractivity contribution is -0.0139. The van der Waals surface area contributed by atoms with Gasteiger partial charge in [-0.2, -0.15) is 0 Å². The maximum atomic E-state index is 5.61. The molecule has 0 amide bonds. The van der Waals surface area contributed by atoms with Crippen molar-refractivity contribution >= 4 is 0 Å². The second kappa shape index (κ2) is 9.32. The summed E-state index contributed by atoms with van der Waals surface area (Å²) in [4.78, 5) is 2.71. The largest absolute Gasteiger partial charge is 0.454 e. The molecule has 0 bridgehead atoms. The first-order valence-corrected chi connectivity index (χ1v) is 11.0. The highest BCUT2D eigenvalue weighted by atomic mass is 16.7. The van der Waals surface area contributed by atoms with Gasteiger partial charge >= 0.3 is 0 Å². The van der Waals surface area contributed by atoms with E-state index >= 15 is 0 Å². The van der Waals surface area contributed by atoms with Gasteiger partial charge < -0.3 is 9.47 Å². The van der Waals surface area contributed by atoms with Gasteiger partial charge in [0.15, 0.2) is 11.5 Å². The van der Waals surface area contributed by atoms with E-state index in [4.69, 9.17) is 9.47 Å². The minimum atomic E-state index is 0.369. The standard InChI is InChI=1S/C19H27NO2.C3H8.C2H6/c1-12(2)15-10-20-6-5-13-7-17-18(22-11-21-17)8-14(13)16(20)9-19(15,3)4;1-3-2;1-2/h7-8,12,15-16H,5-6,9-11H2,1-4H3;3H2,1-2H3;1-2H3. The first-order chi connectivity index (χ1) is 12.9. The van der Waals surface area contributed by atoms with Gasteiger partial charge in [0.2, 0.25) is 6.79 Å². The van der Waals surface area contributed by atoms with Gasteiger partial charge in [-0.1, -0.05) is 61.8 Å². The summed E-state index contributed by atoms with van der Waals surface area (Å²) in [5, 5.41) is 0. The van der Waals surface area contributed by atoms with Crippen LogP contribution in [0.1, 0.15) is 85.4 Å². The second-order valence-electron chi connectivity index (χ2n) is 8.92. The van der Waals surface area contributed by atoms with E-state index in [1.54, 1.807) is 0 Å². The molecule has 0 spiro atoms. The number of nitrogens with zero attached hydrogens (tertiary/aromatic N) is 1. The molecule has 1 aromatic carbocycles. The number of hydrogen-bond acceptors (Lipinski definition) is 3. The molecule has 2 unspecified atom stereocenters. The van der Waals surface area contributed by atoms with E-state index in [2.05, 4.69) is 58.6 Å². The van der Waals surface area contributed by atoms with E-state index in [1.807, 2.05) is 13.8 Å². The molecule has 3 aliphatic heterocycles. The predicted octanol–water partition coefficient (Wildman–Crippen LogP) is 6.46. The van der Waals surface area contributed by atoms with Crippen LogP contribution in [0.15, 0.2) is 12.1 Å². The van der Waals surface area contributed by atoms with Crippen LogP contribution in [0.4, 0.5) is 0 Å². The second-order valence-corrected chi connectivity index (χ2v) is 8.92. The fourth-order valence-electron chi connectivity index (χ4n) is 4.86. The third-order valence-electron chi connectivity index (χ3n) is 6.06. The Labute approximate surface area is 167 Å². The summed E-state index contributed by atoms with van der Waals surface area (Å²) in [6.07, 6.45) is 3.62. The molecule has 3 nitrogen and oxygen atoms in total. The van der Waals surface area contributed by atoms with Crippen LogP contribution in [0.5, 0.6) is 11.5 Å². The van der Waals surface area contributed by atoms with Gasteiger partial charge in [-0.3, -0.25) is 4.90 Å². The van der Waals surface area contributed by atoms with Crippen molar-refractivity contribution in [2.24, 2.45) is 17.3 Å². The highest BCUT2D eigenvalue weighted by Gasteiger charge is 2.44. The van der Waals surface area contributed by atoms with Crippen LogP contribution in [0, 0.1) is 17.3 Å². The molecule has 1 fully saturated rings. The summed E-state index contributed by atoms with van der Waals surface area (Å²) in [5.74, 6) is 3.39. The van der Waals surface area contributed by atoms with Crippen LogP contribution in [0.3, 0.4) is 0 Å². The lowest BCUT2D eigenvalue weighted by Gasteiger charge is -2.52. The Morgan fingerprint density at radius 1 is 1.11 bits per heavy atom. The Balaban J connectivity index is 0.000000478. The molecule has 0 aromatic heterocycles. The van der Waals surface area contributed by atoms with Crippen LogP contribution in [0.25, 0.3) is 0 Å². The zero-order valence-corrected chi connectivity index (χ0v) is 18.9. The lowest BCUT2D eigenvalue weighted by Crippen LogP contribution is -2.50. The number of rotatable bonds is 1. The summed E-state index contributed by atoms with van der Waals surface area (Å²) in [7, 11) is 0. The fourth-order valence-corrected chi connectivity index (χ4v) is 4.86.